The summed E-state index contributed by atoms with van der Waals surface area (Å²) < 4.78 is 24.0. The molecule has 0 aromatic heterocycles. The minimum Gasteiger partial charge on any atom is -0.496 e. The van der Waals surface area contributed by atoms with Crippen LogP contribution >= 0.6 is 12.2 Å². The SMILES string of the molecule is COc1ccc(COc2ccc(F)c(C)c2)cc1C(N)=S. The van der Waals surface area contributed by atoms with Crippen molar-refractivity contribution in [1.82, 2.24) is 0 Å². The molecule has 2 aromatic carbocycles. The van der Waals surface area contributed by atoms with Crippen LogP contribution in [0.15, 0.2) is 36.4 Å². The highest BCUT2D eigenvalue weighted by Crippen LogP contribution is 2.22. The lowest BCUT2D eigenvalue weighted by Crippen LogP contribution is -2.12. The van der Waals surface area contributed by atoms with Gasteiger partial charge in [0.1, 0.15) is 28.9 Å². The molecule has 0 saturated carbocycles. The largest absolute Gasteiger partial charge is 0.496 e. The first-order valence-electron chi connectivity index (χ1n) is 6.37. The van der Waals surface area contributed by atoms with Gasteiger partial charge in [0.05, 0.1) is 12.7 Å². The van der Waals surface area contributed by atoms with Crippen molar-refractivity contribution in [3.05, 3.63) is 58.9 Å². The van der Waals surface area contributed by atoms with E-state index in [9.17, 15) is 4.39 Å². The molecule has 0 unspecified atom stereocenters. The van der Waals surface area contributed by atoms with Gasteiger partial charge in [-0.1, -0.05) is 18.3 Å². The van der Waals surface area contributed by atoms with Crippen LogP contribution in [0, 0.1) is 12.7 Å². The first-order valence-corrected chi connectivity index (χ1v) is 6.77. The van der Waals surface area contributed by atoms with E-state index in [-0.39, 0.29) is 10.8 Å². The number of ether oxygens (including phenoxy) is 2. The summed E-state index contributed by atoms with van der Waals surface area (Å²) in [4.78, 5) is 0.270. The van der Waals surface area contributed by atoms with Crippen molar-refractivity contribution < 1.29 is 13.9 Å². The topological polar surface area (TPSA) is 44.5 Å². The van der Waals surface area contributed by atoms with Gasteiger partial charge in [0.15, 0.2) is 0 Å². The van der Waals surface area contributed by atoms with Crippen molar-refractivity contribution in [1.29, 1.82) is 0 Å². The monoisotopic (exact) mass is 305 g/mol. The molecule has 0 spiro atoms. The standard InChI is InChI=1S/C16H16FNO2S/c1-10-7-12(4-5-14(10)17)20-9-11-3-6-15(19-2)13(8-11)16(18)21/h3-8H,9H2,1-2H3,(H2,18,21). The second kappa shape index (κ2) is 6.54. The summed E-state index contributed by atoms with van der Waals surface area (Å²) in [5.74, 6) is 0.994. The van der Waals surface area contributed by atoms with Crippen LogP contribution in [0.2, 0.25) is 0 Å². The maximum atomic E-state index is 13.2. The van der Waals surface area contributed by atoms with Gasteiger partial charge in [0.2, 0.25) is 0 Å². The van der Waals surface area contributed by atoms with Gasteiger partial charge in [-0.15, -0.1) is 0 Å². The lowest BCUT2D eigenvalue weighted by molar-refractivity contribution is 0.305. The Hall–Kier alpha value is -2.14. The molecule has 0 fully saturated rings. The van der Waals surface area contributed by atoms with E-state index in [0.29, 0.717) is 29.2 Å². The van der Waals surface area contributed by atoms with Crippen molar-refractivity contribution in [3.8, 4) is 11.5 Å². The van der Waals surface area contributed by atoms with Crippen LogP contribution < -0.4 is 15.2 Å². The third kappa shape index (κ3) is 3.70. The van der Waals surface area contributed by atoms with E-state index in [2.05, 4.69) is 0 Å². The van der Waals surface area contributed by atoms with E-state index < -0.39 is 0 Å². The van der Waals surface area contributed by atoms with E-state index in [1.54, 1.807) is 32.2 Å². The highest BCUT2D eigenvalue weighted by Gasteiger charge is 2.08. The number of nitrogens with two attached hydrogens (primary N) is 1. The Morgan fingerprint density at radius 3 is 2.62 bits per heavy atom. The Morgan fingerprint density at radius 2 is 2.00 bits per heavy atom. The fourth-order valence-electron chi connectivity index (χ4n) is 1.91. The molecule has 0 saturated heterocycles. The van der Waals surface area contributed by atoms with E-state index >= 15 is 0 Å². The summed E-state index contributed by atoms with van der Waals surface area (Å²) in [5.41, 5.74) is 7.79. The molecule has 0 aliphatic rings. The van der Waals surface area contributed by atoms with Crippen LogP contribution in [-0.2, 0) is 6.61 Å². The summed E-state index contributed by atoms with van der Waals surface area (Å²) >= 11 is 5.00. The normalized spacial score (nSPS) is 10.2. The number of hydrogen-bond donors (Lipinski definition) is 1. The summed E-state index contributed by atoms with van der Waals surface area (Å²) in [5, 5.41) is 0. The Morgan fingerprint density at radius 1 is 1.24 bits per heavy atom. The highest BCUT2D eigenvalue weighted by atomic mass is 32.1. The molecule has 0 amide bonds. The summed E-state index contributed by atoms with van der Waals surface area (Å²) in [6, 6.07) is 10.1. The average molecular weight is 305 g/mol. The number of benzene rings is 2. The number of aryl methyl sites for hydroxylation is 1. The molecule has 0 aliphatic carbocycles. The number of rotatable bonds is 5. The number of halogens is 1. The van der Waals surface area contributed by atoms with Crippen molar-refractivity contribution in [2.45, 2.75) is 13.5 Å². The predicted molar refractivity (Wildman–Crippen MR) is 84.4 cm³/mol. The molecule has 2 rings (SSSR count). The number of thiocarbonyl (C=S) groups is 1. The van der Waals surface area contributed by atoms with Crippen molar-refractivity contribution in [2.75, 3.05) is 7.11 Å². The van der Waals surface area contributed by atoms with Gasteiger partial charge in [-0.25, -0.2) is 4.39 Å². The molecule has 2 aromatic rings. The summed E-state index contributed by atoms with van der Waals surface area (Å²) in [6.45, 7) is 2.03. The van der Waals surface area contributed by atoms with Crippen molar-refractivity contribution >= 4 is 17.2 Å². The third-order valence-electron chi connectivity index (χ3n) is 3.06. The minimum atomic E-state index is -0.248. The van der Waals surface area contributed by atoms with Gasteiger partial charge in [0, 0.05) is 0 Å². The lowest BCUT2D eigenvalue weighted by Gasteiger charge is -2.11. The lowest BCUT2D eigenvalue weighted by atomic mass is 10.1. The van der Waals surface area contributed by atoms with Crippen LogP contribution in [0.4, 0.5) is 4.39 Å². The van der Waals surface area contributed by atoms with E-state index in [1.165, 1.54) is 6.07 Å². The second-order valence-corrected chi connectivity index (χ2v) is 5.04. The Balaban J connectivity index is 2.14. The maximum Gasteiger partial charge on any atom is 0.129 e. The molecule has 110 valence electrons. The molecule has 2 N–H and O–H groups in total. The van der Waals surface area contributed by atoms with Gasteiger partial charge in [-0.3, -0.25) is 0 Å². The highest BCUT2D eigenvalue weighted by molar-refractivity contribution is 7.80. The van der Waals surface area contributed by atoms with Gasteiger partial charge in [-0.2, -0.15) is 0 Å². The fourth-order valence-corrected chi connectivity index (χ4v) is 2.07. The fraction of sp³-hybridized carbons (Fsp3) is 0.188. The smallest absolute Gasteiger partial charge is 0.129 e. The average Bonchev–Trinajstić information content (AvgIpc) is 2.48. The molecule has 3 nitrogen and oxygen atoms in total. The van der Waals surface area contributed by atoms with Gasteiger partial charge in [-0.05, 0) is 48.4 Å². The predicted octanol–water partition coefficient (Wildman–Crippen LogP) is 3.36. The van der Waals surface area contributed by atoms with Crippen molar-refractivity contribution in [2.24, 2.45) is 5.73 Å². The molecule has 0 bridgehead atoms. The molecule has 21 heavy (non-hydrogen) atoms. The zero-order chi connectivity index (χ0) is 15.4. The van der Waals surface area contributed by atoms with Gasteiger partial charge in [0.25, 0.3) is 0 Å². The Labute approximate surface area is 128 Å². The van der Waals surface area contributed by atoms with Crippen LogP contribution in [0.3, 0.4) is 0 Å². The zero-order valence-corrected chi connectivity index (χ0v) is 12.7. The second-order valence-electron chi connectivity index (χ2n) is 4.60. The van der Waals surface area contributed by atoms with Crippen LogP contribution in [0.1, 0.15) is 16.7 Å². The van der Waals surface area contributed by atoms with Crippen molar-refractivity contribution in [3.63, 3.8) is 0 Å². The summed E-state index contributed by atoms with van der Waals surface area (Å²) in [7, 11) is 1.56. The molecule has 0 heterocycles. The maximum absolute atomic E-state index is 13.2. The Kier molecular flexibility index (Phi) is 4.75. The Bertz CT molecular complexity index is 673. The number of hydrogen-bond acceptors (Lipinski definition) is 3. The van der Waals surface area contributed by atoms with Crippen LogP contribution in [0.25, 0.3) is 0 Å². The molecule has 0 atom stereocenters. The van der Waals surface area contributed by atoms with E-state index in [0.717, 1.165) is 5.56 Å². The van der Waals surface area contributed by atoms with Crippen LogP contribution in [-0.4, -0.2) is 12.1 Å². The quantitative estimate of drug-likeness (QED) is 0.860. The minimum absolute atomic E-state index is 0.248. The first kappa shape index (κ1) is 15.3. The van der Waals surface area contributed by atoms with E-state index in [1.807, 2.05) is 12.1 Å². The zero-order valence-electron chi connectivity index (χ0n) is 11.9. The van der Waals surface area contributed by atoms with Gasteiger partial charge >= 0.3 is 0 Å². The molecule has 0 radical (unpaired) electrons. The third-order valence-corrected chi connectivity index (χ3v) is 3.28. The van der Waals surface area contributed by atoms with Crippen LogP contribution in [0.5, 0.6) is 11.5 Å². The van der Waals surface area contributed by atoms with Gasteiger partial charge < -0.3 is 15.2 Å². The number of methoxy groups -OCH3 is 1. The molecular formula is C16H16FNO2S. The molecular weight excluding hydrogens is 289 g/mol. The summed E-state index contributed by atoms with van der Waals surface area (Å²) in [6.07, 6.45) is 0. The molecule has 0 aliphatic heterocycles. The first-order chi connectivity index (χ1) is 10.0. The van der Waals surface area contributed by atoms with E-state index in [4.69, 9.17) is 27.4 Å². The molecule has 5 heteroatoms.